The van der Waals surface area contributed by atoms with Crippen molar-refractivity contribution in [2.24, 2.45) is 0 Å². The van der Waals surface area contributed by atoms with Gasteiger partial charge in [0.1, 0.15) is 5.60 Å². The number of carbonyl (C=O) groups excluding carboxylic acids is 2. The van der Waals surface area contributed by atoms with Crippen LogP contribution in [0.2, 0.25) is 0 Å². The second kappa shape index (κ2) is 9.08. The minimum atomic E-state index is -0.273. The van der Waals surface area contributed by atoms with Crippen molar-refractivity contribution in [3.8, 4) is 0 Å². The van der Waals surface area contributed by atoms with Crippen molar-refractivity contribution in [3.05, 3.63) is 22.1 Å². The predicted molar refractivity (Wildman–Crippen MR) is 123 cm³/mol. The van der Waals surface area contributed by atoms with Gasteiger partial charge >= 0.3 is 6.09 Å². The molecule has 0 aromatic carbocycles. The third-order valence-corrected chi connectivity index (χ3v) is 7.70. The molecule has 1 spiro atoms. The number of amides is 2. The lowest BCUT2D eigenvalue weighted by molar-refractivity contribution is -0.129. The molecule has 0 unspecified atom stereocenters. The topological polar surface area (TPSA) is 95.6 Å². The standard InChI is InChI=1S/C23H34N4O4S/c1-22(2,3)17-13-18(28)25-20(24-17)32-14-19(29)26-11-7-16(8-12-26)27-15-23(31-21(27)30)9-5-4-6-10-23/h13,16H,4-12,14-15H2,1-3H3,(H,24,25,28). The van der Waals surface area contributed by atoms with Gasteiger partial charge < -0.3 is 19.5 Å². The second-order valence-electron chi connectivity index (χ2n) is 10.3. The van der Waals surface area contributed by atoms with Crippen LogP contribution in [0.5, 0.6) is 0 Å². The summed E-state index contributed by atoms with van der Waals surface area (Å²) in [5.41, 5.74) is 0.00600. The fourth-order valence-corrected chi connectivity index (χ4v) is 5.70. The Morgan fingerprint density at radius 1 is 1.22 bits per heavy atom. The van der Waals surface area contributed by atoms with E-state index in [9.17, 15) is 14.4 Å². The highest BCUT2D eigenvalue weighted by Gasteiger charge is 2.48. The van der Waals surface area contributed by atoms with Crippen molar-refractivity contribution in [1.29, 1.82) is 0 Å². The van der Waals surface area contributed by atoms with E-state index in [0.717, 1.165) is 38.5 Å². The highest BCUT2D eigenvalue weighted by molar-refractivity contribution is 7.99. The number of aromatic nitrogens is 2. The van der Waals surface area contributed by atoms with Crippen molar-refractivity contribution in [2.75, 3.05) is 25.4 Å². The molecule has 0 radical (unpaired) electrons. The third-order valence-electron chi connectivity index (χ3n) is 6.84. The van der Waals surface area contributed by atoms with Crippen LogP contribution in [0.15, 0.2) is 16.0 Å². The number of likely N-dealkylation sites (tertiary alicyclic amines) is 1. The molecule has 3 aliphatic rings. The Bertz CT molecular complexity index is 911. The second-order valence-corrected chi connectivity index (χ2v) is 11.3. The number of ether oxygens (including phenoxy) is 1. The molecular formula is C23H34N4O4S. The quantitative estimate of drug-likeness (QED) is 0.545. The van der Waals surface area contributed by atoms with Crippen LogP contribution in [-0.4, -0.2) is 68.8 Å². The Morgan fingerprint density at radius 3 is 2.56 bits per heavy atom. The summed E-state index contributed by atoms with van der Waals surface area (Å²) < 4.78 is 5.83. The van der Waals surface area contributed by atoms with Crippen molar-refractivity contribution in [1.82, 2.24) is 19.8 Å². The van der Waals surface area contributed by atoms with Gasteiger partial charge in [-0.25, -0.2) is 9.78 Å². The smallest absolute Gasteiger partial charge is 0.410 e. The lowest BCUT2D eigenvalue weighted by Gasteiger charge is -2.36. The minimum absolute atomic E-state index is 0.0324. The summed E-state index contributed by atoms with van der Waals surface area (Å²) in [6.45, 7) is 7.98. The number of carbonyl (C=O) groups is 2. The Kier molecular flexibility index (Phi) is 6.56. The van der Waals surface area contributed by atoms with Gasteiger partial charge in [0.05, 0.1) is 18.0 Å². The number of hydrogen-bond donors (Lipinski definition) is 1. The first kappa shape index (κ1) is 23.1. The molecule has 32 heavy (non-hydrogen) atoms. The number of aromatic amines is 1. The summed E-state index contributed by atoms with van der Waals surface area (Å²) in [6, 6.07) is 1.65. The van der Waals surface area contributed by atoms with E-state index < -0.39 is 0 Å². The zero-order valence-corrected chi connectivity index (χ0v) is 20.1. The first-order chi connectivity index (χ1) is 15.2. The Balaban J connectivity index is 1.28. The average Bonchev–Trinajstić information content (AvgIpc) is 3.07. The number of nitrogens with one attached hydrogen (secondary N) is 1. The van der Waals surface area contributed by atoms with Crippen LogP contribution < -0.4 is 5.56 Å². The van der Waals surface area contributed by atoms with Crippen LogP contribution in [0.1, 0.15) is 71.4 Å². The maximum Gasteiger partial charge on any atom is 0.410 e. The van der Waals surface area contributed by atoms with Crippen molar-refractivity contribution in [2.45, 2.75) is 87.9 Å². The molecule has 2 amide bonds. The Morgan fingerprint density at radius 2 is 1.91 bits per heavy atom. The molecule has 3 fully saturated rings. The van der Waals surface area contributed by atoms with Crippen molar-refractivity contribution in [3.63, 3.8) is 0 Å². The zero-order chi connectivity index (χ0) is 22.9. The third kappa shape index (κ3) is 5.13. The summed E-state index contributed by atoms with van der Waals surface area (Å²) in [6.07, 6.45) is 6.79. The summed E-state index contributed by atoms with van der Waals surface area (Å²) >= 11 is 1.27. The maximum absolute atomic E-state index is 12.8. The van der Waals surface area contributed by atoms with E-state index in [4.69, 9.17) is 4.74 Å². The molecule has 8 nitrogen and oxygen atoms in total. The van der Waals surface area contributed by atoms with Gasteiger partial charge in [-0.05, 0) is 38.5 Å². The zero-order valence-electron chi connectivity index (χ0n) is 19.3. The maximum atomic E-state index is 12.8. The molecule has 1 saturated carbocycles. The first-order valence-electron chi connectivity index (χ1n) is 11.7. The van der Waals surface area contributed by atoms with Gasteiger partial charge in [-0.3, -0.25) is 9.59 Å². The number of thioether (sulfide) groups is 1. The number of rotatable bonds is 4. The van der Waals surface area contributed by atoms with E-state index in [0.29, 0.717) is 30.5 Å². The van der Waals surface area contributed by atoms with E-state index in [1.807, 2.05) is 30.6 Å². The average molecular weight is 463 g/mol. The molecule has 2 saturated heterocycles. The molecule has 3 heterocycles. The summed E-state index contributed by atoms with van der Waals surface area (Å²) in [5.74, 6) is 0.265. The van der Waals surface area contributed by atoms with E-state index in [-0.39, 0.29) is 40.4 Å². The van der Waals surface area contributed by atoms with Crippen LogP contribution in [0.3, 0.4) is 0 Å². The molecule has 1 N–H and O–H groups in total. The monoisotopic (exact) mass is 462 g/mol. The molecule has 1 aliphatic carbocycles. The molecule has 9 heteroatoms. The molecule has 1 aromatic rings. The summed E-state index contributed by atoms with van der Waals surface area (Å²) in [5, 5.41) is 0.475. The largest absolute Gasteiger partial charge is 0.441 e. The Labute approximate surface area is 193 Å². The molecule has 4 rings (SSSR count). The van der Waals surface area contributed by atoms with Gasteiger partial charge in [-0.15, -0.1) is 0 Å². The summed E-state index contributed by atoms with van der Waals surface area (Å²) in [7, 11) is 0. The lowest BCUT2D eigenvalue weighted by Crippen LogP contribution is -2.48. The molecular weight excluding hydrogens is 428 g/mol. The van der Waals surface area contributed by atoms with Gasteiger partial charge in [-0.2, -0.15) is 0 Å². The molecule has 2 aliphatic heterocycles. The fourth-order valence-electron chi connectivity index (χ4n) is 4.92. The fraction of sp³-hybridized carbons (Fsp3) is 0.739. The van der Waals surface area contributed by atoms with Crippen LogP contribution in [0.25, 0.3) is 0 Å². The van der Waals surface area contributed by atoms with Crippen LogP contribution >= 0.6 is 11.8 Å². The van der Waals surface area contributed by atoms with Crippen LogP contribution in [0.4, 0.5) is 4.79 Å². The Hall–Kier alpha value is -2.03. The van der Waals surface area contributed by atoms with E-state index in [1.165, 1.54) is 24.2 Å². The number of piperidine rings is 1. The van der Waals surface area contributed by atoms with Gasteiger partial charge in [0, 0.05) is 30.6 Å². The normalized spacial score (nSPS) is 21.8. The molecule has 176 valence electrons. The number of hydrogen-bond acceptors (Lipinski definition) is 6. The lowest BCUT2D eigenvalue weighted by atomic mass is 9.84. The molecule has 1 aromatic heterocycles. The first-order valence-corrected chi connectivity index (χ1v) is 12.7. The van der Waals surface area contributed by atoms with Gasteiger partial charge in [0.2, 0.25) is 5.91 Å². The van der Waals surface area contributed by atoms with Crippen molar-refractivity contribution < 1.29 is 14.3 Å². The predicted octanol–water partition coefficient (Wildman–Crippen LogP) is 3.31. The number of nitrogens with zero attached hydrogens (tertiary/aromatic N) is 3. The SMILES string of the molecule is CC(C)(C)c1cc(=O)[nH]c(SCC(=O)N2CCC(N3CC4(CCCCC4)OC3=O)CC2)n1. The highest BCUT2D eigenvalue weighted by Crippen LogP contribution is 2.38. The highest BCUT2D eigenvalue weighted by atomic mass is 32.2. The van der Waals surface area contributed by atoms with E-state index >= 15 is 0 Å². The van der Waals surface area contributed by atoms with E-state index in [1.54, 1.807) is 0 Å². The van der Waals surface area contributed by atoms with Crippen LogP contribution in [0, 0.1) is 0 Å². The van der Waals surface area contributed by atoms with Crippen molar-refractivity contribution >= 4 is 23.8 Å². The van der Waals surface area contributed by atoms with E-state index in [2.05, 4.69) is 9.97 Å². The van der Waals surface area contributed by atoms with Gasteiger partial charge in [-0.1, -0.05) is 39.0 Å². The summed E-state index contributed by atoms with van der Waals surface area (Å²) in [4.78, 5) is 48.2. The van der Waals surface area contributed by atoms with Gasteiger partial charge in [0.15, 0.2) is 5.16 Å². The molecule has 0 bridgehead atoms. The van der Waals surface area contributed by atoms with Gasteiger partial charge in [0.25, 0.3) is 5.56 Å². The van der Waals surface area contributed by atoms with Crippen LogP contribution in [-0.2, 0) is 14.9 Å². The number of H-pyrrole nitrogens is 1. The molecule has 0 atom stereocenters. The minimum Gasteiger partial charge on any atom is -0.441 e.